The minimum absolute atomic E-state index is 0.242. The summed E-state index contributed by atoms with van der Waals surface area (Å²) in [6.45, 7) is 2.06. The third kappa shape index (κ3) is 3.12. The van der Waals surface area contributed by atoms with E-state index in [9.17, 15) is 9.18 Å². The maximum absolute atomic E-state index is 13.1. The van der Waals surface area contributed by atoms with Crippen LogP contribution in [0.5, 0.6) is 0 Å². The summed E-state index contributed by atoms with van der Waals surface area (Å²) < 4.78 is 17.6. The molecule has 0 saturated carbocycles. The van der Waals surface area contributed by atoms with Crippen LogP contribution >= 0.6 is 0 Å². The minimum atomic E-state index is -0.337. The molecule has 0 spiro atoms. The maximum Gasteiger partial charge on any atom is 0.307 e. The van der Waals surface area contributed by atoms with Gasteiger partial charge < -0.3 is 15.8 Å². The van der Waals surface area contributed by atoms with Gasteiger partial charge in [0.2, 0.25) is 0 Å². The number of ether oxygens (including phenoxy) is 1. The molecule has 0 atom stereocenters. The highest BCUT2D eigenvalue weighted by Gasteiger charge is 2.05. The fourth-order valence-corrected chi connectivity index (χ4v) is 1.25. The van der Waals surface area contributed by atoms with E-state index >= 15 is 0 Å². The normalized spacial score (nSPS) is 9.94. The molecule has 88 valence electrons. The number of halogens is 1. The molecule has 0 fully saturated rings. The first kappa shape index (κ1) is 12.3. The third-order valence-electron chi connectivity index (χ3n) is 2.20. The summed E-state index contributed by atoms with van der Waals surface area (Å²) in [6.07, 6.45) is 0.242. The number of nitrogens with two attached hydrogens (primary N) is 1. The van der Waals surface area contributed by atoms with Gasteiger partial charge in [0.25, 0.3) is 0 Å². The molecular weight excluding hydrogens is 211 g/mol. The van der Waals surface area contributed by atoms with Gasteiger partial charge in [-0.15, -0.1) is 0 Å². The summed E-state index contributed by atoms with van der Waals surface area (Å²) in [6, 6.07) is 2.87. The fraction of sp³-hybridized carbons (Fsp3) is 0.364. The number of nitrogens with one attached hydrogen (secondary N) is 1. The van der Waals surface area contributed by atoms with Crippen LogP contribution in [0.4, 0.5) is 15.8 Å². The van der Waals surface area contributed by atoms with Crippen molar-refractivity contribution in [3.8, 4) is 0 Å². The van der Waals surface area contributed by atoms with Gasteiger partial charge in [0.1, 0.15) is 5.82 Å². The maximum atomic E-state index is 13.1. The van der Waals surface area contributed by atoms with Gasteiger partial charge in [0.05, 0.1) is 24.9 Å². The Bertz CT molecular complexity index is 394. The van der Waals surface area contributed by atoms with Crippen molar-refractivity contribution in [2.75, 3.05) is 24.7 Å². The lowest BCUT2D eigenvalue weighted by atomic mass is 10.2. The minimum Gasteiger partial charge on any atom is -0.469 e. The average molecular weight is 226 g/mol. The van der Waals surface area contributed by atoms with Gasteiger partial charge in [-0.2, -0.15) is 0 Å². The molecule has 5 heteroatoms. The largest absolute Gasteiger partial charge is 0.469 e. The van der Waals surface area contributed by atoms with Crippen LogP contribution in [-0.2, 0) is 9.53 Å². The second kappa shape index (κ2) is 5.34. The lowest BCUT2D eigenvalue weighted by molar-refractivity contribution is -0.140. The van der Waals surface area contributed by atoms with Gasteiger partial charge in [0.15, 0.2) is 0 Å². The second-order valence-electron chi connectivity index (χ2n) is 3.44. The molecule has 4 nitrogen and oxygen atoms in total. The third-order valence-corrected chi connectivity index (χ3v) is 2.20. The van der Waals surface area contributed by atoms with E-state index in [1.165, 1.54) is 13.2 Å². The predicted octanol–water partition coefficient (Wildman–Crippen LogP) is 1.69. The fourth-order valence-electron chi connectivity index (χ4n) is 1.25. The van der Waals surface area contributed by atoms with Gasteiger partial charge in [-0.05, 0) is 24.6 Å². The molecule has 0 aromatic heterocycles. The van der Waals surface area contributed by atoms with Crippen molar-refractivity contribution in [3.05, 3.63) is 23.5 Å². The number of hydrogen-bond donors (Lipinski definition) is 2. The molecule has 0 amide bonds. The lowest BCUT2D eigenvalue weighted by Crippen LogP contribution is -2.11. The molecule has 1 aromatic carbocycles. The van der Waals surface area contributed by atoms with Crippen molar-refractivity contribution >= 4 is 17.3 Å². The number of carbonyl (C=O) groups excluding carboxylic acids is 1. The number of methoxy groups -OCH3 is 1. The quantitative estimate of drug-likeness (QED) is 0.605. The number of anilines is 2. The van der Waals surface area contributed by atoms with E-state index in [2.05, 4.69) is 10.1 Å². The molecule has 1 rings (SSSR count). The summed E-state index contributed by atoms with van der Waals surface area (Å²) >= 11 is 0. The van der Waals surface area contributed by atoms with Crippen LogP contribution in [0.2, 0.25) is 0 Å². The van der Waals surface area contributed by atoms with Gasteiger partial charge in [-0.25, -0.2) is 4.39 Å². The lowest BCUT2D eigenvalue weighted by Gasteiger charge is -2.10. The highest BCUT2D eigenvalue weighted by atomic mass is 19.1. The molecule has 0 heterocycles. The van der Waals surface area contributed by atoms with Gasteiger partial charge >= 0.3 is 5.97 Å². The van der Waals surface area contributed by atoms with E-state index in [1.54, 1.807) is 13.0 Å². The van der Waals surface area contributed by atoms with E-state index < -0.39 is 0 Å². The van der Waals surface area contributed by atoms with Crippen LogP contribution in [0.3, 0.4) is 0 Å². The molecule has 16 heavy (non-hydrogen) atoms. The number of benzene rings is 1. The van der Waals surface area contributed by atoms with E-state index in [0.29, 0.717) is 23.5 Å². The monoisotopic (exact) mass is 226 g/mol. The molecule has 0 bridgehead atoms. The average Bonchev–Trinajstić information content (AvgIpc) is 2.25. The first-order valence-corrected chi connectivity index (χ1v) is 4.91. The second-order valence-corrected chi connectivity index (χ2v) is 3.44. The zero-order chi connectivity index (χ0) is 12.1. The Balaban J connectivity index is 2.60. The zero-order valence-corrected chi connectivity index (χ0v) is 9.34. The van der Waals surface area contributed by atoms with Crippen LogP contribution in [0.15, 0.2) is 12.1 Å². The summed E-state index contributed by atoms with van der Waals surface area (Å²) in [7, 11) is 1.33. The molecule has 0 unspecified atom stereocenters. The molecule has 0 radical (unpaired) electrons. The van der Waals surface area contributed by atoms with E-state index in [0.717, 1.165) is 0 Å². The highest BCUT2D eigenvalue weighted by molar-refractivity contribution is 5.71. The van der Waals surface area contributed by atoms with Crippen LogP contribution < -0.4 is 11.1 Å². The van der Waals surface area contributed by atoms with Gasteiger partial charge in [0, 0.05) is 6.54 Å². The number of hydrogen-bond acceptors (Lipinski definition) is 4. The Morgan fingerprint density at radius 3 is 2.88 bits per heavy atom. The molecule has 0 aliphatic carbocycles. The number of aryl methyl sites for hydroxylation is 1. The van der Waals surface area contributed by atoms with E-state index in [1.807, 2.05) is 0 Å². The predicted molar refractivity (Wildman–Crippen MR) is 60.7 cm³/mol. The first-order valence-electron chi connectivity index (χ1n) is 4.91. The number of esters is 1. The van der Waals surface area contributed by atoms with E-state index in [4.69, 9.17) is 5.73 Å². The van der Waals surface area contributed by atoms with Crippen molar-refractivity contribution in [3.63, 3.8) is 0 Å². The van der Waals surface area contributed by atoms with Gasteiger partial charge in [-0.1, -0.05) is 0 Å². The first-order chi connectivity index (χ1) is 7.54. The van der Waals surface area contributed by atoms with Crippen molar-refractivity contribution in [1.82, 2.24) is 0 Å². The van der Waals surface area contributed by atoms with Gasteiger partial charge in [-0.3, -0.25) is 4.79 Å². The molecule has 1 aromatic rings. The molecule has 0 saturated heterocycles. The summed E-state index contributed by atoms with van der Waals surface area (Å²) in [5, 5.41) is 2.95. The Labute approximate surface area is 93.6 Å². The Morgan fingerprint density at radius 1 is 1.56 bits per heavy atom. The number of nitrogen functional groups attached to an aromatic ring is 1. The van der Waals surface area contributed by atoms with E-state index in [-0.39, 0.29) is 18.2 Å². The highest BCUT2D eigenvalue weighted by Crippen LogP contribution is 2.22. The zero-order valence-electron chi connectivity index (χ0n) is 9.34. The van der Waals surface area contributed by atoms with Crippen molar-refractivity contribution < 1.29 is 13.9 Å². The SMILES string of the molecule is COC(=O)CCNc1cc(C)c(F)cc1N. The standard InChI is InChI=1S/C11H15FN2O2/c1-7-5-10(9(13)6-8(7)12)14-4-3-11(15)16-2/h5-6,14H,3-4,13H2,1-2H3. The Morgan fingerprint density at radius 2 is 2.25 bits per heavy atom. The summed E-state index contributed by atoms with van der Waals surface area (Å²) in [5.74, 6) is -0.638. The van der Waals surface area contributed by atoms with Crippen molar-refractivity contribution in [2.24, 2.45) is 0 Å². The number of carbonyl (C=O) groups is 1. The molecular formula is C11H15FN2O2. The molecule has 0 aliphatic rings. The Hall–Kier alpha value is -1.78. The topological polar surface area (TPSA) is 64.3 Å². The number of rotatable bonds is 4. The smallest absolute Gasteiger partial charge is 0.307 e. The molecule has 3 N–H and O–H groups in total. The summed E-state index contributed by atoms with van der Waals surface area (Å²) in [5.41, 5.74) is 7.08. The van der Waals surface area contributed by atoms with Crippen LogP contribution in [0, 0.1) is 12.7 Å². The molecule has 0 aliphatic heterocycles. The van der Waals surface area contributed by atoms with Crippen LogP contribution in [0.25, 0.3) is 0 Å². The van der Waals surface area contributed by atoms with Crippen LogP contribution in [-0.4, -0.2) is 19.6 Å². The summed E-state index contributed by atoms with van der Waals surface area (Å²) in [4.78, 5) is 10.9. The Kier molecular flexibility index (Phi) is 4.10. The van der Waals surface area contributed by atoms with Crippen molar-refractivity contribution in [1.29, 1.82) is 0 Å². The van der Waals surface area contributed by atoms with Crippen LogP contribution in [0.1, 0.15) is 12.0 Å². The van der Waals surface area contributed by atoms with Crippen molar-refractivity contribution in [2.45, 2.75) is 13.3 Å².